The van der Waals surface area contributed by atoms with Crippen LogP contribution in [0.1, 0.15) is 31.4 Å². The zero-order valence-corrected chi connectivity index (χ0v) is 10.8. The van der Waals surface area contributed by atoms with Crippen molar-refractivity contribution in [2.75, 3.05) is 6.54 Å². The summed E-state index contributed by atoms with van der Waals surface area (Å²) in [4.78, 5) is 0. The number of nitrogens with two attached hydrogens (primary N) is 1. The van der Waals surface area contributed by atoms with Gasteiger partial charge in [0, 0.05) is 0 Å². The number of fused-ring (bicyclic) bond motifs is 1. The highest BCUT2D eigenvalue weighted by atomic mass is 16.3. The first-order valence-corrected chi connectivity index (χ1v) is 6.54. The average Bonchev–Trinajstić information content (AvgIpc) is 2.37. The summed E-state index contributed by atoms with van der Waals surface area (Å²) in [5.74, 6) is 0.251. The summed E-state index contributed by atoms with van der Waals surface area (Å²) >= 11 is 0. The van der Waals surface area contributed by atoms with Gasteiger partial charge >= 0.3 is 0 Å². The molecule has 3 N–H and O–H groups in total. The van der Waals surface area contributed by atoms with Gasteiger partial charge in [0.05, 0.1) is 6.10 Å². The second kappa shape index (κ2) is 4.79. The van der Waals surface area contributed by atoms with Gasteiger partial charge in [-0.15, -0.1) is 0 Å². The molecule has 1 aromatic rings. The average molecular weight is 233 g/mol. The predicted octanol–water partition coefficient (Wildman–Crippen LogP) is 2.14. The van der Waals surface area contributed by atoms with Crippen LogP contribution in [0.5, 0.6) is 0 Å². The van der Waals surface area contributed by atoms with Gasteiger partial charge in [-0.05, 0) is 55.2 Å². The first kappa shape index (κ1) is 12.6. The lowest BCUT2D eigenvalue weighted by molar-refractivity contribution is 0.0330. The molecule has 0 fully saturated rings. The molecular formula is C15H23NO. The Hall–Kier alpha value is -0.860. The van der Waals surface area contributed by atoms with Crippen molar-refractivity contribution < 1.29 is 5.11 Å². The van der Waals surface area contributed by atoms with Crippen molar-refractivity contribution in [1.29, 1.82) is 0 Å². The fourth-order valence-electron chi connectivity index (χ4n) is 3.09. The van der Waals surface area contributed by atoms with Gasteiger partial charge in [-0.2, -0.15) is 0 Å². The van der Waals surface area contributed by atoms with Gasteiger partial charge in [-0.1, -0.05) is 31.2 Å². The molecule has 2 nitrogen and oxygen atoms in total. The molecular weight excluding hydrogens is 210 g/mol. The molecule has 0 spiro atoms. The maximum Gasteiger partial charge on any atom is 0.0543 e. The third-order valence-corrected chi connectivity index (χ3v) is 4.65. The maximum atomic E-state index is 9.86. The molecule has 0 aliphatic heterocycles. The third-order valence-electron chi connectivity index (χ3n) is 4.65. The van der Waals surface area contributed by atoms with Crippen molar-refractivity contribution in [1.82, 2.24) is 0 Å². The zero-order chi connectivity index (χ0) is 12.5. The van der Waals surface area contributed by atoms with Gasteiger partial charge in [-0.25, -0.2) is 0 Å². The molecule has 1 aromatic carbocycles. The van der Waals surface area contributed by atoms with Crippen LogP contribution in [0.3, 0.4) is 0 Å². The van der Waals surface area contributed by atoms with E-state index in [1.165, 1.54) is 11.1 Å². The third kappa shape index (κ3) is 2.24. The minimum atomic E-state index is -0.288. The number of aliphatic hydroxyl groups excluding tert-OH is 1. The normalized spacial score (nSPS) is 27.3. The molecule has 0 amide bonds. The molecule has 0 heterocycles. The number of rotatable bonds is 3. The van der Waals surface area contributed by atoms with Crippen LogP contribution in [-0.4, -0.2) is 17.8 Å². The maximum absolute atomic E-state index is 9.86. The SMILES string of the molecule is CC(O)C(C)C1(CN)CCc2ccccc2C1. The van der Waals surface area contributed by atoms with Crippen LogP contribution in [0.15, 0.2) is 24.3 Å². The second-order valence-corrected chi connectivity index (χ2v) is 5.54. The van der Waals surface area contributed by atoms with E-state index in [2.05, 4.69) is 31.2 Å². The van der Waals surface area contributed by atoms with E-state index < -0.39 is 0 Å². The van der Waals surface area contributed by atoms with Crippen LogP contribution in [0.2, 0.25) is 0 Å². The van der Waals surface area contributed by atoms with Crippen LogP contribution in [0.25, 0.3) is 0 Å². The number of hydrogen-bond donors (Lipinski definition) is 2. The van der Waals surface area contributed by atoms with Crippen LogP contribution in [0, 0.1) is 11.3 Å². The highest BCUT2D eigenvalue weighted by molar-refractivity contribution is 5.31. The van der Waals surface area contributed by atoms with E-state index in [1.807, 2.05) is 6.92 Å². The van der Waals surface area contributed by atoms with E-state index in [-0.39, 0.29) is 17.4 Å². The Morgan fingerprint density at radius 2 is 1.94 bits per heavy atom. The van der Waals surface area contributed by atoms with Crippen LogP contribution in [0.4, 0.5) is 0 Å². The second-order valence-electron chi connectivity index (χ2n) is 5.54. The first-order valence-electron chi connectivity index (χ1n) is 6.54. The van der Waals surface area contributed by atoms with E-state index in [9.17, 15) is 5.11 Å². The molecule has 3 unspecified atom stereocenters. The Morgan fingerprint density at radius 1 is 1.29 bits per heavy atom. The molecule has 0 saturated heterocycles. The molecule has 2 heteroatoms. The number of aryl methyl sites for hydroxylation is 1. The smallest absolute Gasteiger partial charge is 0.0543 e. The van der Waals surface area contributed by atoms with Crippen molar-refractivity contribution in [2.45, 2.75) is 39.2 Å². The highest BCUT2D eigenvalue weighted by Crippen LogP contribution is 2.41. The lowest BCUT2D eigenvalue weighted by Crippen LogP contribution is -2.45. The Kier molecular flexibility index (Phi) is 3.55. The first-order chi connectivity index (χ1) is 8.09. The number of aliphatic hydroxyl groups is 1. The highest BCUT2D eigenvalue weighted by Gasteiger charge is 2.39. The van der Waals surface area contributed by atoms with Gasteiger partial charge in [0.2, 0.25) is 0 Å². The van der Waals surface area contributed by atoms with Gasteiger partial charge in [-0.3, -0.25) is 0 Å². The standard InChI is InChI=1S/C15H23NO/c1-11(12(2)17)15(10-16)8-7-13-5-3-4-6-14(13)9-15/h3-6,11-12,17H,7-10,16H2,1-2H3. The summed E-state index contributed by atoms with van der Waals surface area (Å²) in [5.41, 5.74) is 8.96. The summed E-state index contributed by atoms with van der Waals surface area (Å²) in [7, 11) is 0. The van der Waals surface area contributed by atoms with E-state index in [0.29, 0.717) is 6.54 Å². The minimum Gasteiger partial charge on any atom is -0.393 e. The van der Waals surface area contributed by atoms with Crippen LogP contribution in [-0.2, 0) is 12.8 Å². The van der Waals surface area contributed by atoms with Crippen LogP contribution < -0.4 is 5.73 Å². The molecule has 0 aromatic heterocycles. The molecule has 1 aliphatic rings. The van der Waals surface area contributed by atoms with Crippen molar-refractivity contribution in [2.24, 2.45) is 17.1 Å². The number of hydrogen-bond acceptors (Lipinski definition) is 2. The van der Waals surface area contributed by atoms with Gasteiger partial charge < -0.3 is 10.8 Å². The summed E-state index contributed by atoms with van der Waals surface area (Å²) in [6, 6.07) is 8.61. The zero-order valence-electron chi connectivity index (χ0n) is 10.8. The van der Waals surface area contributed by atoms with Crippen LogP contribution >= 0.6 is 0 Å². The molecule has 0 saturated carbocycles. The fraction of sp³-hybridized carbons (Fsp3) is 0.600. The molecule has 94 valence electrons. The molecule has 17 heavy (non-hydrogen) atoms. The lowest BCUT2D eigenvalue weighted by atomic mass is 9.63. The predicted molar refractivity (Wildman–Crippen MR) is 70.8 cm³/mol. The van der Waals surface area contributed by atoms with Crippen molar-refractivity contribution in [3.05, 3.63) is 35.4 Å². The molecule has 2 rings (SSSR count). The van der Waals surface area contributed by atoms with Crippen molar-refractivity contribution in [3.63, 3.8) is 0 Å². The van der Waals surface area contributed by atoms with Crippen molar-refractivity contribution in [3.8, 4) is 0 Å². The molecule has 3 atom stereocenters. The Labute approximate surface area is 104 Å². The van der Waals surface area contributed by atoms with Gasteiger partial charge in [0.15, 0.2) is 0 Å². The van der Waals surface area contributed by atoms with Gasteiger partial charge in [0.1, 0.15) is 0 Å². The Morgan fingerprint density at radius 3 is 2.53 bits per heavy atom. The quantitative estimate of drug-likeness (QED) is 0.840. The lowest BCUT2D eigenvalue weighted by Gasteiger charge is -2.43. The summed E-state index contributed by atoms with van der Waals surface area (Å²) in [6.07, 6.45) is 2.90. The van der Waals surface area contributed by atoms with E-state index >= 15 is 0 Å². The summed E-state index contributed by atoms with van der Waals surface area (Å²) in [5, 5.41) is 9.86. The van der Waals surface area contributed by atoms with Crippen molar-refractivity contribution >= 4 is 0 Å². The topological polar surface area (TPSA) is 46.2 Å². The number of benzene rings is 1. The summed E-state index contributed by atoms with van der Waals surface area (Å²) in [6.45, 7) is 4.67. The Bertz CT molecular complexity index is 388. The van der Waals surface area contributed by atoms with E-state index in [4.69, 9.17) is 5.73 Å². The fourth-order valence-corrected chi connectivity index (χ4v) is 3.09. The molecule has 0 radical (unpaired) electrons. The largest absolute Gasteiger partial charge is 0.393 e. The molecule has 0 bridgehead atoms. The van der Waals surface area contributed by atoms with E-state index in [0.717, 1.165) is 19.3 Å². The van der Waals surface area contributed by atoms with E-state index in [1.54, 1.807) is 0 Å². The Balaban J connectivity index is 2.29. The summed E-state index contributed by atoms with van der Waals surface area (Å²) < 4.78 is 0. The molecule has 1 aliphatic carbocycles. The van der Waals surface area contributed by atoms with Gasteiger partial charge in [0.25, 0.3) is 0 Å². The minimum absolute atomic E-state index is 0.0719. The monoisotopic (exact) mass is 233 g/mol.